The van der Waals surface area contributed by atoms with Crippen molar-refractivity contribution < 1.29 is 36.4 Å². The van der Waals surface area contributed by atoms with Crippen molar-refractivity contribution >= 4 is 17.6 Å². The molecule has 2 aliphatic heterocycles. The van der Waals surface area contributed by atoms with Gasteiger partial charge < -0.3 is 36.1 Å². The number of nitrogens with zero attached hydrogens (tertiary/aromatic N) is 3. The van der Waals surface area contributed by atoms with Crippen LogP contribution in [0.15, 0.2) is 39.9 Å². The van der Waals surface area contributed by atoms with E-state index in [1.54, 1.807) is 26.4 Å². The number of furan rings is 1. The second-order valence-electron chi connectivity index (χ2n) is 6.47. The summed E-state index contributed by atoms with van der Waals surface area (Å²) in [5, 5.41) is 2.12. The number of piperazine rings is 1. The minimum absolute atomic E-state index is 0. The normalized spacial score (nSPS) is 16.0. The van der Waals surface area contributed by atoms with Gasteiger partial charge in [-0.25, -0.2) is 0 Å². The zero-order valence-corrected chi connectivity index (χ0v) is 16.6. The fraction of sp³-hybridized carbons (Fsp3) is 0.368. The summed E-state index contributed by atoms with van der Waals surface area (Å²) >= 11 is 0. The third-order valence-electron chi connectivity index (χ3n) is 4.95. The van der Waals surface area contributed by atoms with E-state index in [2.05, 4.69) is 10.2 Å². The summed E-state index contributed by atoms with van der Waals surface area (Å²) in [6.07, 6.45) is 1.52. The van der Waals surface area contributed by atoms with Gasteiger partial charge in [0.1, 0.15) is 6.54 Å². The Morgan fingerprint density at radius 2 is 1.86 bits per heavy atom. The summed E-state index contributed by atoms with van der Waals surface area (Å²) < 4.78 is 16.0. The van der Waals surface area contributed by atoms with Crippen molar-refractivity contribution in [2.75, 3.05) is 40.4 Å². The first kappa shape index (κ1) is 20.0. The van der Waals surface area contributed by atoms with Gasteiger partial charge in [-0.1, -0.05) is 0 Å². The van der Waals surface area contributed by atoms with Crippen molar-refractivity contribution in [3.05, 3.63) is 41.9 Å². The van der Waals surface area contributed by atoms with Gasteiger partial charge in [0, 0.05) is 37.8 Å². The summed E-state index contributed by atoms with van der Waals surface area (Å²) in [7, 11) is 3.26. The molecule has 1 saturated heterocycles. The lowest BCUT2D eigenvalue weighted by Gasteiger charge is -2.35. The highest BCUT2D eigenvalue weighted by molar-refractivity contribution is 5.91. The molecule has 0 atom stereocenters. The Morgan fingerprint density at radius 1 is 1.14 bits per heavy atom. The third-order valence-corrected chi connectivity index (χ3v) is 4.95. The molecule has 0 bridgehead atoms. The molecule has 0 saturated carbocycles. The van der Waals surface area contributed by atoms with E-state index in [4.69, 9.17) is 18.9 Å². The van der Waals surface area contributed by atoms with E-state index in [0.717, 1.165) is 36.8 Å². The fourth-order valence-corrected chi connectivity index (χ4v) is 3.44. The van der Waals surface area contributed by atoms with Crippen LogP contribution < -0.4 is 27.2 Å². The van der Waals surface area contributed by atoms with Crippen LogP contribution in [-0.2, 0) is 6.54 Å². The monoisotopic (exact) mass is 406 g/mol. The van der Waals surface area contributed by atoms with E-state index in [-0.39, 0.29) is 18.3 Å². The smallest absolute Gasteiger partial charge is 0.302 e. The lowest BCUT2D eigenvalue weighted by atomic mass is 10.1. The number of nitrogens with two attached hydrogens (primary N) is 1. The van der Waals surface area contributed by atoms with Crippen LogP contribution in [0.1, 0.15) is 16.1 Å². The lowest BCUT2D eigenvalue weighted by Crippen LogP contribution is -3.00. The number of aliphatic imine (C=N–C) groups is 1. The number of methoxy groups -OCH3 is 2. The number of carbonyl (C=O) groups excluding carboxylic acids is 1. The average Bonchev–Trinajstić information content (AvgIpc) is 3.26. The molecule has 1 aromatic heterocycles. The van der Waals surface area contributed by atoms with Crippen LogP contribution in [-0.4, -0.2) is 62.1 Å². The summed E-state index contributed by atoms with van der Waals surface area (Å²) in [5.41, 5.74) is 2.02. The minimum Gasteiger partial charge on any atom is -1.00 e. The predicted molar refractivity (Wildman–Crippen MR) is 98.5 cm³/mol. The Hall–Kier alpha value is -2.71. The molecular formula is C19H23ClN4O4. The van der Waals surface area contributed by atoms with Crippen molar-refractivity contribution in [3.8, 4) is 11.5 Å². The SMILES string of the molecule is COc1cc2c(cc1OC)N=C(N1CCN(C(=O)c3ccco3)CC1)[NH2+]C2.[Cl-]. The van der Waals surface area contributed by atoms with E-state index < -0.39 is 0 Å². The van der Waals surface area contributed by atoms with E-state index in [0.29, 0.717) is 30.3 Å². The maximum Gasteiger partial charge on any atom is 0.302 e. The number of halogens is 1. The Balaban J connectivity index is 0.00000225. The standard InChI is InChI=1S/C19H22N4O4.ClH/c1-25-16-10-13-12-20-19(21-14(13)11-17(16)26-2)23-7-5-22(6-8-23)18(24)15-4-3-9-27-15;/h3-4,9-11H,5-8,12H2,1-2H3,(H,20,21);1H. The molecule has 28 heavy (non-hydrogen) atoms. The van der Waals surface area contributed by atoms with Crippen molar-refractivity contribution in [2.24, 2.45) is 4.99 Å². The van der Waals surface area contributed by atoms with Crippen LogP contribution in [0.25, 0.3) is 0 Å². The third kappa shape index (κ3) is 3.79. The molecule has 2 N–H and O–H groups in total. The number of carbonyl (C=O) groups is 1. The first-order valence-electron chi connectivity index (χ1n) is 8.94. The number of ether oxygens (including phenoxy) is 2. The topological polar surface area (TPSA) is 84.1 Å². The lowest BCUT2D eigenvalue weighted by molar-refractivity contribution is -0.568. The number of quaternary nitrogens is 1. The molecule has 0 radical (unpaired) electrons. The Labute approximate surface area is 169 Å². The largest absolute Gasteiger partial charge is 1.00 e. The molecule has 1 aromatic carbocycles. The first-order valence-corrected chi connectivity index (χ1v) is 8.94. The van der Waals surface area contributed by atoms with Gasteiger partial charge in [-0.2, -0.15) is 4.99 Å². The summed E-state index contributed by atoms with van der Waals surface area (Å²) in [6, 6.07) is 7.32. The van der Waals surface area contributed by atoms with Crippen LogP contribution in [0.2, 0.25) is 0 Å². The van der Waals surface area contributed by atoms with Gasteiger partial charge in [0.15, 0.2) is 17.3 Å². The summed E-state index contributed by atoms with van der Waals surface area (Å²) in [5.74, 6) is 2.67. The molecule has 2 aliphatic rings. The maximum absolute atomic E-state index is 12.4. The molecular weight excluding hydrogens is 384 g/mol. The van der Waals surface area contributed by atoms with Gasteiger partial charge in [-0.3, -0.25) is 10.1 Å². The Morgan fingerprint density at radius 3 is 2.50 bits per heavy atom. The highest BCUT2D eigenvalue weighted by Gasteiger charge is 2.29. The van der Waals surface area contributed by atoms with E-state index >= 15 is 0 Å². The van der Waals surface area contributed by atoms with Crippen LogP contribution in [0.5, 0.6) is 11.5 Å². The van der Waals surface area contributed by atoms with Gasteiger partial charge in [0.25, 0.3) is 5.91 Å². The number of guanidine groups is 1. The van der Waals surface area contributed by atoms with Gasteiger partial charge in [-0.05, 0) is 18.2 Å². The van der Waals surface area contributed by atoms with Gasteiger partial charge >= 0.3 is 5.96 Å². The quantitative estimate of drug-likeness (QED) is 0.627. The number of rotatable bonds is 3. The molecule has 2 aromatic rings. The second kappa shape index (κ2) is 8.53. The number of hydrogen-bond donors (Lipinski definition) is 1. The van der Waals surface area contributed by atoms with Crippen molar-refractivity contribution in [1.29, 1.82) is 0 Å². The van der Waals surface area contributed by atoms with Crippen molar-refractivity contribution in [3.63, 3.8) is 0 Å². The molecule has 9 heteroatoms. The molecule has 0 spiro atoms. The van der Waals surface area contributed by atoms with Crippen molar-refractivity contribution in [1.82, 2.24) is 9.80 Å². The first-order chi connectivity index (χ1) is 13.2. The minimum atomic E-state index is -0.0589. The Kier molecular flexibility index (Phi) is 6.11. The van der Waals surface area contributed by atoms with Gasteiger partial charge in [0.2, 0.25) is 0 Å². The van der Waals surface area contributed by atoms with E-state index in [1.165, 1.54) is 6.26 Å². The number of fused-ring (bicyclic) bond motifs is 1. The Bertz CT molecular complexity index is 861. The van der Waals surface area contributed by atoms with Crippen LogP contribution in [0.4, 0.5) is 5.69 Å². The second-order valence-corrected chi connectivity index (χ2v) is 6.47. The van der Waals surface area contributed by atoms with Gasteiger partial charge in [0.05, 0.1) is 26.2 Å². The molecule has 8 nitrogen and oxygen atoms in total. The highest BCUT2D eigenvalue weighted by atomic mass is 35.5. The summed E-state index contributed by atoms with van der Waals surface area (Å²) in [4.78, 5) is 21.2. The summed E-state index contributed by atoms with van der Waals surface area (Å²) in [6.45, 7) is 3.56. The predicted octanol–water partition coefficient (Wildman–Crippen LogP) is -2.18. The zero-order valence-electron chi connectivity index (χ0n) is 15.9. The molecule has 1 amide bonds. The van der Waals surface area contributed by atoms with Crippen LogP contribution >= 0.6 is 0 Å². The zero-order chi connectivity index (χ0) is 18.8. The number of hydrogen-bond acceptors (Lipinski definition) is 6. The van der Waals surface area contributed by atoms with Crippen LogP contribution in [0, 0.1) is 0 Å². The van der Waals surface area contributed by atoms with Gasteiger partial charge in [-0.15, -0.1) is 0 Å². The number of amides is 1. The van der Waals surface area contributed by atoms with E-state index in [1.807, 2.05) is 17.0 Å². The molecule has 1 fully saturated rings. The molecule has 150 valence electrons. The highest BCUT2D eigenvalue weighted by Crippen LogP contribution is 2.35. The maximum atomic E-state index is 12.4. The van der Waals surface area contributed by atoms with Crippen LogP contribution in [0.3, 0.4) is 0 Å². The average molecular weight is 407 g/mol. The molecule has 4 rings (SSSR count). The van der Waals surface area contributed by atoms with Crippen molar-refractivity contribution in [2.45, 2.75) is 6.54 Å². The fourth-order valence-electron chi connectivity index (χ4n) is 3.44. The molecule has 0 unspecified atom stereocenters. The molecule has 3 heterocycles. The van der Waals surface area contributed by atoms with E-state index in [9.17, 15) is 4.79 Å². The molecule has 0 aliphatic carbocycles. The number of benzene rings is 1.